The van der Waals surface area contributed by atoms with Crippen molar-refractivity contribution in [3.8, 4) is 0 Å². The number of likely N-dealkylation sites (N-methyl/N-ethyl adjacent to an activating group) is 1. The molecule has 0 bridgehead atoms. The lowest BCUT2D eigenvalue weighted by Crippen LogP contribution is -2.38. The van der Waals surface area contributed by atoms with Crippen molar-refractivity contribution in [2.24, 2.45) is 0 Å². The maximum atomic E-state index is 12.6. The molecule has 6 heteroatoms. The van der Waals surface area contributed by atoms with Crippen LogP contribution in [0.5, 0.6) is 0 Å². The molecular formula is C12H17BrN2O2S. The molecule has 1 aliphatic heterocycles. The number of sulfonamides is 1. The molecule has 1 heterocycles. The van der Waals surface area contributed by atoms with Gasteiger partial charge in [-0.1, -0.05) is 22.0 Å². The summed E-state index contributed by atoms with van der Waals surface area (Å²) in [5.41, 5.74) is 0.774. The SMILES string of the molecule is Cc1ccc(Br)cc1S(=O)(=O)N(C)[C@H]1CCNC1. The van der Waals surface area contributed by atoms with Gasteiger partial charge in [0.05, 0.1) is 4.90 Å². The van der Waals surface area contributed by atoms with Crippen LogP contribution in [0.15, 0.2) is 27.6 Å². The minimum absolute atomic E-state index is 0.0494. The normalized spacial score (nSPS) is 20.6. The van der Waals surface area contributed by atoms with Crippen LogP contribution in [0.25, 0.3) is 0 Å². The molecule has 1 N–H and O–H groups in total. The van der Waals surface area contributed by atoms with Crippen LogP contribution < -0.4 is 5.32 Å². The Morgan fingerprint density at radius 3 is 2.78 bits per heavy atom. The fraction of sp³-hybridized carbons (Fsp3) is 0.500. The molecule has 1 aromatic rings. The summed E-state index contributed by atoms with van der Waals surface area (Å²) in [7, 11) is -1.75. The average Bonchev–Trinajstić information content (AvgIpc) is 2.84. The number of nitrogens with one attached hydrogen (secondary N) is 1. The Balaban J connectivity index is 2.37. The number of aryl methyl sites for hydroxylation is 1. The first kappa shape index (κ1) is 14.0. The van der Waals surface area contributed by atoms with E-state index in [-0.39, 0.29) is 6.04 Å². The highest BCUT2D eigenvalue weighted by Gasteiger charge is 2.30. The number of hydrogen-bond donors (Lipinski definition) is 1. The zero-order valence-electron chi connectivity index (χ0n) is 10.5. The standard InChI is InChI=1S/C12H17BrN2O2S/c1-9-3-4-10(13)7-12(9)18(16,17)15(2)11-5-6-14-8-11/h3-4,7,11,14H,5-6,8H2,1-2H3/t11-/m0/s1. The Morgan fingerprint density at radius 1 is 1.44 bits per heavy atom. The summed E-state index contributed by atoms with van der Waals surface area (Å²) in [6.07, 6.45) is 0.864. The fourth-order valence-corrected chi connectivity index (χ4v) is 4.30. The van der Waals surface area contributed by atoms with Crippen LogP contribution in [0.1, 0.15) is 12.0 Å². The second-order valence-electron chi connectivity index (χ2n) is 4.58. The van der Waals surface area contributed by atoms with E-state index in [4.69, 9.17) is 0 Å². The van der Waals surface area contributed by atoms with Crippen molar-refractivity contribution in [2.75, 3.05) is 20.1 Å². The molecule has 1 atom stereocenters. The fourth-order valence-electron chi connectivity index (χ4n) is 2.15. The van der Waals surface area contributed by atoms with Crippen molar-refractivity contribution in [3.05, 3.63) is 28.2 Å². The van der Waals surface area contributed by atoms with Gasteiger partial charge in [0.1, 0.15) is 0 Å². The van der Waals surface area contributed by atoms with Gasteiger partial charge in [0.25, 0.3) is 0 Å². The number of rotatable bonds is 3. The average molecular weight is 333 g/mol. The zero-order chi connectivity index (χ0) is 13.3. The first-order valence-corrected chi connectivity index (χ1v) is 8.11. The molecule has 100 valence electrons. The lowest BCUT2D eigenvalue weighted by molar-refractivity contribution is 0.387. The summed E-state index contributed by atoms with van der Waals surface area (Å²) in [5, 5.41) is 3.19. The topological polar surface area (TPSA) is 49.4 Å². The van der Waals surface area contributed by atoms with E-state index in [0.29, 0.717) is 4.90 Å². The lowest BCUT2D eigenvalue weighted by atomic mass is 10.2. The zero-order valence-corrected chi connectivity index (χ0v) is 12.9. The van der Waals surface area contributed by atoms with Crippen LogP contribution >= 0.6 is 15.9 Å². The molecule has 1 aliphatic rings. The van der Waals surface area contributed by atoms with E-state index in [1.807, 2.05) is 19.1 Å². The molecule has 2 rings (SSSR count). The van der Waals surface area contributed by atoms with Crippen LogP contribution in [0, 0.1) is 6.92 Å². The highest BCUT2D eigenvalue weighted by atomic mass is 79.9. The van der Waals surface area contributed by atoms with E-state index >= 15 is 0 Å². The summed E-state index contributed by atoms with van der Waals surface area (Å²) in [6.45, 7) is 3.42. The first-order chi connectivity index (χ1) is 8.43. The van der Waals surface area contributed by atoms with Crippen molar-refractivity contribution in [1.82, 2.24) is 9.62 Å². The number of halogens is 1. The number of benzene rings is 1. The highest BCUT2D eigenvalue weighted by molar-refractivity contribution is 9.10. The molecule has 1 aromatic carbocycles. The molecule has 0 spiro atoms. The molecule has 4 nitrogen and oxygen atoms in total. The molecule has 0 saturated carbocycles. The van der Waals surface area contributed by atoms with Crippen molar-refractivity contribution in [1.29, 1.82) is 0 Å². The predicted octanol–water partition coefficient (Wildman–Crippen LogP) is 1.74. The summed E-state index contributed by atoms with van der Waals surface area (Å²) >= 11 is 3.33. The lowest BCUT2D eigenvalue weighted by Gasteiger charge is -2.24. The van der Waals surface area contributed by atoms with Gasteiger partial charge in [0, 0.05) is 24.1 Å². The number of nitrogens with zero attached hydrogens (tertiary/aromatic N) is 1. The minimum Gasteiger partial charge on any atom is -0.315 e. The third-order valence-electron chi connectivity index (χ3n) is 3.36. The van der Waals surface area contributed by atoms with E-state index in [2.05, 4.69) is 21.2 Å². The van der Waals surface area contributed by atoms with Gasteiger partial charge >= 0.3 is 0 Å². The molecule has 1 saturated heterocycles. The maximum Gasteiger partial charge on any atom is 0.243 e. The Morgan fingerprint density at radius 2 is 2.17 bits per heavy atom. The Hall–Kier alpha value is -0.430. The van der Waals surface area contributed by atoms with E-state index in [1.165, 1.54) is 4.31 Å². The summed E-state index contributed by atoms with van der Waals surface area (Å²) in [6, 6.07) is 5.39. The third kappa shape index (κ3) is 2.61. The molecule has 0 unspecified atom stereocenters. The van der Waals surface area contributed by atoms with E-state index < -0.39 is 10.0 Å². The van der Waals surface area contributed by atoms with Gasteiger partial charge < -0.3 is 5.32 Å². The van der Waals surface area contributed by atoms with Crippen molar-refractivity contribution < 1.29 is 8.42 Å². The van der Waals surface area contributed by atoms with Crippen LogP contribution in [-0.2, 0) is 10.0 Å². The predicted molar refractivity (Wildman–Crippen MR) is 75.1 cm³/mol. The molecule has 0 aromatic heterocycles. The molecule has 1 fully saturated rings. The monoisotopic (exact) mass is 332 g/mol. The Bertz CT molecular complexity index is 539. The minimum atomic E-state index is -3.41. The second kappa shape index (κ2) is 5.28. The van der Waals surface area contributed by atoms with Gasteiger partial charge in [-0.05, 0) is 37.6 Å². The quantitative estimate of drug-likeness (QED) is 0.917. The Kier molecular flexibility index (Phi) is 4.11. The number of hydrogen-bond acceptors (Lipinski definition) is 3. The van der Waals surface area contributed by atoms with Crippen LogP contribution in [0.4, 0.5) is 0 Å². The van der Waals surface area contributed by atoms with Crippen LogP contribution in [0.2, 0.25) is 0 Å². The van der Waals surface area contributed by atoms with Gasteiger partial charge in [0.2, 0.25) is 10.0 Å². The molecule has 18 heavy (non-hydrogen) atoms. The van der Waals surface area contributed by atoms with Crippen molar-refractivity contribution in [3.63, 3.8) is 0 Å². The van der Waals surface area contributed by atoms with Gasteiger partial charge in [0.15, 0.2) is 0 Å². The maximum absolute atomic E-state index is 12.6. The van der Waals surface area contributed by atoms with E-state index in [0.717, 1.165) is 29.5 Å². The largest absolute Gasteiger partial charge is 0.315 e. The first-order valence-electron chi connectivity index (χ1n) is 5.88. The van der Waals surface area contributed by atoms with E-state index in [9.17, 15) is 8.42 Å². The van der Waals surface area contributed by atoms with Gasteiger partial charge in [-0.15, -0.1) is 0 Å². The molecule has 0 radical (unpaired) electrons. The Labute approximate surface area is 117 Å². The van der Waals surface area contributed by atoms with Gasteiger partial charge in [-0.2, -0.15) is 4.31 Å². The summed E-state index contributed by atoms with van der Waals surface area (Å²) in [4.78, 5) is 0.381. The van der Waals surface area contributed by atoms with Crippen LogP contribution in [-0.4, -0.2) is 38.9 Å². The van der Waals surface area contributed by atoms with Gasteiger partial charge in [-0.25, -0.2) is 8.42 Å². The van der Waals surface area contributed by atoms with E-state index in [1.54, 1.807) is 13.1 Å². The smallest absolute Gasteiger partial charge is 0.243 e. The second-order valence-corrected chi connectivity index (χ2v) is 7.46. The summed E-state index contributed by atoms with van der Waals surface area (Å²) < 4.78 is 27.4. The molecule has 0 aliphatic carbocycles. The third-order valence-corrected chi connectivity index (χ3v) is 5.90. The highest BCUT2D eigenvalue weighted by Crippen LogP contribution is 2.25. The van der Waals surface area contributed by atoms with Crippen molar-refractivity contribution in [2.45, 2.75) is 24.3 Å². The van der Waals surface area contributed by atoms with Crippen molar-refractivity contribution >= 4 is 26.0 Å². The van der Waals surface area contributed by atoms with Crippen LogP contribution in [0.3, 0.4) is 0 Å². The molecule has 0 amide bonds. The van der Waals surface area contributed by atoms with Gasteiger partial charge in [-0.3, -0.25) is 0 Å². The molecular weight excluding hydrogens is 316 g/mol. The summed E-state index contributed by atoms with van der Waals surface area (Å²) in [5.74, 6) is 0.